The van der Waals surface area contributed by atoms with Crippen LogP contribution >= 0.6 is 11.3 Å². The molecule has 0 unspecified atom stereocenters. The Labute approximate surface area is 149 Å². The zero-order chi connectivity index (χ0) is 17.5. The van der Waals surface area contributed by atoms with Crippen LogP contribution in [0.1, 0.15) is 21.8 Å². The van der Waals surface area contributed by atoms with Crippen LogP contribution in [0.5, 0.6) is 0 Å². The van der Waals surface area contributed by atoms with Gasteiger partial charge in [0.2, 0.25) is 5.91 Å². The topological polar surface area (TPSA) is 71.1 Å². The quantitative estimate of drug-likeness (QED) is 0.706. The van der Waals surface area contributed by atoms with E-state index in [4.69, 9.17) is 0 Å². The molecule has 25 heavy (non-hydrogen) atoms. The van der Waals surface area contributed by atoms with Crippen molar-refractivity contribution in [2.24, 2.45) is 0 Å². The molecule has 0 aliphatic carbocycles. The van der Waals surface area contributed by atoms with Gasteiger partial charge in [0.1, 0.15) is 0 Å². The molecular formula is C19H17N3O2S. The Balaban J connectivity index is 1.50. The Hall–Kier alpha value is -2.99. The third-order valence-corrected chi connectivity index (χ3v) is 4.37. The van der Waals surface area contributed by atoms with Crippen molar-refractivity contribution in [3.05, 3.63) is 76.7 Å². The van der Waals surface area contributed by atoms with E-state index in [0.717, 1.165) is 5.69 Å². The van der Waals surface area contributed by atoms with Crippen molar-refractivity contribution < 1.29 is 9.59 Å². The molecule has 0 bridgehead atoms. The SMILES string of the molecule is O=C(CCc1ccccn1)Nc1ccc(NC(=O)c2cccs2)cc1. The summed E-state index contributed by atoms with van der Waals surface area (Å²) in [5.74, 6) is -0.205. The van der Waals surface area contributed by atoms with Gasteiger partial charge < -0.3 is 10.6 Å². The molecule has 2 N–H and O–H groups in total. The summed E-state index contributed by atoms with van der Waals surface area (Å²) in [5.41, 5.74) is 2.27. The monoisotopic (exact) mass is 351 g/mol. The molecule has 0 fully saturated rings. The number of carbonyl (C=O) groups is 2. The van der Waals surface area contributed by atoms with Crippen LogP contribution in [-0.4, -0.2) is 16.8 Å². The number of amides is 2. The Morgan fingerprint density at radius 2 is 1.68 bits per heavy atom. The van der Waals surface area contributed by atoms with Gasteiger partial charge in [-0.15, -0.1) is 11.3 Å². The minimum absolute atomic E-state index is 0.0685. The van der Waals surface area contributed by atoms with E-state index >= 15 is 0 Å². The normalized spacial score (nSPS) is 10.2. The first kappa shape index (κ1) is 16.9. The smallest absolute Gasteiger partial charge is 0.265 e. The third-order valence-electron chi connectivity index (χ3n) is 3.51. The molecule has 6 heteroatoms. The molecule has 126 valence electrons. The molecule has 0 spiro atoms. The zero-order valence-corrected chi connectivity index (χ0v) is 14.3. The van der Waals surface area contributed by atoms with Crippen LogP contribution in [0, 0.1) is 0 Å². The maximum atomic E-state index is 12.0. The fraction of sp³-hybridized carbons (Fsp3) is 0.105. The van der Waals surface area contributed by atoms with Crippen molar-refractivity contribution in [1.82, 2.24) is 4.98 Å². The van der Waals surface area contributed by atoms with E-state index in [-0.39, 0.29) is 11.8 Å². The van der Waals surface area contributed by atoms with E-state index in [1.807, 2.05) is 29.6 Å². The number of aromatic nitrogens is 1. The second-order valence-electron chi connectivity index (χ2n) is 5.38. The van der Waals surface area contributed by atoms with Crippen molar-refractivity contribution in [3.8, 4) is 0 Å². The van der Waals surface area contributed by atoms with Crippen LogP contribution in [-0.2, 0) is 11.2 Å². The van der Waals surface area contributed by atoms with Crippen molar-refractivity contribution >= 4 is 34.5 Å². The number of nitrogens with one attached hydrogen (secondary N) is 2. The molecule has 0 radical (unpaired) electrons. The number of hydrogen-bond donors (Lipinski definition) is 2. The van der Waals surface area contributed by atoms with Gasteiger partial charge in [-0.2, -0.15) is 0 Å². The van der Waals surface area contributed by atoms with E-state index in [9.17, 15) is 9.59 Å². The molecule has 5 nitrogen and oxygen atoms in total. The number of benzene rings is 1. The summed E-state index contributed by atoms with van der Waals surface area (Å²) >= 11 is 1.39. The standard InChI is InChI=1S/C19H17N3O2S/c23-18(11-10-14-4-1-2-12-20-14)21-15-6-8-16(9-7-15)22-19(24)17-5-3-13-25-17/h1-9,12-13H,10-11H2,(H,21,23)(H,22,24). The summed E-state index contributed by atoms with van der Waals surface area (Å²) in [6.45, 7) is 0. The third kappa shape index (κ3) is 4.99. The van der Waals surface area contributed by atoms with E-state index in [0.29, 0.717) is 29.1 Å². The number of anilines is 2. The van der Waals surface area contributed by atoms with Gasteiger partial charge in [-0.3, -0.25) is 14.6 Å². The first-order valence-corrected chi connectivity index (χ1v) is 8.73. The minimum atomic E-state index is -0.137. The Kier molecular flexibility index (Phi) is 5.53. The molecule has 1 aromatic carbocycles. The Bertz CT molecular complexity index is 831. The highest BCUT2D eigenvalue weighted by atomic mass is 32.1. The fourth-order valence-electron chi connectivity index (χ4n) is 2.25. The van der Waals surface area contributed by atoms with Gasteiger partial charge in [0, 0.05) is 29.7 Å². The van der Waals surface area contributed by atoms with Gasteiger partial charge in [0.15, 0.2) is 0 Å². The minimum Gasteiger partial charge on any atom is -0.326 e. The number of rotatable bonds is 6. The number of aryl methyl sites for hydroxylation is 1. The molecule has 0 aliphatic rings. The fourth-order valence-corrected chi connectivity index (χ4v) is 2.87. The van der Waals surface area contributed by atoms with Crippen molar-refractivity contribution in [2.75, 3.05) is 10.6 Å². The summed E-state index contributed by atoms with van der Waals surface area (Å²) in [4.78, 5) is 28.8. The summed E-state index contributed by atoms with van der Waals surface area (Å²) in [6, 6.07) is 16.3. The van der Waals surface area contributed by atoms with Gasteiger partial charge in [-0.25, -0.2) is 0 Å². The summed E-state index contributed by atoms with van der Waals surface area (Å²) in [7, 11) is 0. The van der Waals surface area contributed by atoms with Crippen molar-refractivity contribution in [1.29, 1.82) is 0 Å². The molecule has 0 saturated heterocycles. The molecule has 0 atom stereocenters. The molecule has 3 rings (SSSR count). The lowest BCUT2D eigenvalue weighted by atomic mass is 10.2. The van der Waals surface area contributed by atoms with Crippen LogP contribution in [0.3, 0.4) is 0 Å². The predicted molar refractivity (Wildman–Crippen MR) is 99.9 cm³/mol. The summed E-state index contributed by atoms with van der Waals surface area (Å²) < 4.78 is 0. The summed E-state index contributed by atoms with van der Waals surface area (Å²) in [5, 5.41) is 7.52. The molecule has 2 heterocycles. The van der Waals surface area contributed by atoms with Crippen molar-refractivity contribution in [2.45, 2.75) is 12.8 Å². The largest absolute Gasteiger partial charge is 0.326 e. The number of carbonyl (C=O) groups excluding carboxylic acids is 2. The second-order valence-corrected chi connectivity index (χ2v) is 6.33. The van der Waals surface area contributed by atoms with Crippen LogP contribution in [0.2, 0.25) is 0 Å². The lowest BCUT2D eigenvalue weighted by molar-refractivity contribution is -0.116. The average Bonchev–Trinajstić information content (AvgIpc) is 3.17. The highest BCUT2D eigenvalue weighted by Gasteiger charge is 2.07. The molecular weight excluding hydrogens is 334 g/mol. The molecule has 2 amide bonds. The first-order chi connectivity index (χ1) is 12.2. The number of nitrogens with zero attached hydrogens (tertiary/aromatic N) is 1. The Morgan fingerprint density at radius 1 is 0.920 bits per heavy atom. The van der Waals surface area contributed by atoms with Gasteiger partial charge in [0.05, 0.1) is 4.88 Å². The van der Waals surface area contributed by atoms with Gasteiger partial charge in [-0.05, 0) is 54.3 Å². The second kappa shape index (κ2) is 8.21. The van der Waals surface area contributed by atoms with Gasteiger partial charge >= 0.3 is 0 Å². The number of thiophene rings is 1. The van der Waals surface area contributed by atoms with Crippen LogP contribution in [0.25, 0.3) is 0 Å². The van der Waals surface area contributed by atoms with E-state index < -0.39 is 0 Å². The molecule has 0 saturated carbocycles. The first-order valence-electron chi connectivity index (χ1n) is 7.85. The van der Waals surface area contributed by atoms with E-state index in [1.165, 1.54) is 11.3 Å². The lowest BCUT2D eigenvalue weighted by Crippen LogP contribution is -2.13. The molecule has 2 aromatic heterocycles. The maximum Gasteiger partial charge on any atom is 0.265 e. The highest BCUT2D eigenvalue weighted by molar-refractivity contribution is 7.12. The Morgan fingerprint density at radius 3 is 2.32 bits per heavy atom. The molecule has 0 aliphatic heterocycles. The number of hydrogen-bond acceptors (Lipinski definition) is 4. The maximum absolute atomic E-state index is 12.0. The van der Waals surface area contributed by atoms with Gasteiger partial charge in [0.25, 0.3) is 5.91 Å². The number of pyridine rings is 1. The molecule has 3 aromatic rings. The van der Waals surface area contributed by atoms with Crippen LogP contribution in [0.4, 0.5) is 11.4 Å². The zero-order valence-electron chi connectivity index (χ0n) is 13.4. The van der Waals surface area contributed by atoms with E-state index in [1.54, 1.807) is 36.5 Å². The van der Waals surface area contributed by atoms with Crippen molar-refractivity contribution in [3.63, 3.8) is 0 Å². The van der Waals surface area contributed by atoms with Crippen LogP contribution < -0.4 is 10.6 Å². The average molecular weight is 351 g/mol. The van der Waals surface area contributed by atoms with Crippen LogP contribution in [0.15, 0.2) is 66.2 Å². The summed E-state index contributed by atoms with van der Waals surface area (Å²) in [6.07, 6.45) is 2.69. The highest BCUT2D eigenvalue weighted by Crippen LogP contribution is 2.16. The lowest BCUT2D eigenvalue weighted by Gasteiger charge is -2.07. The predicted octanol–water partition coefficient (Wildman–Crippen LogP) is 3.97. The van der Waals surface area contributed by atoms with Gasteiger partial charge in [-0.1, -0.05) is 12.1 Å². The van der Waals surface area contributed by atoms with E-state index in [2.05, 4.69) is 15.6 Å².